The normalized spacial score (nSPS) is 10.6. The number of aromatic nitrogens is 2. The summed E-state index contributed by atoms with van der Waals surface area (Å²) in [6.07, 6.45) is 0. The summed E-state index contributed by atoms with van der Waals surface area (Å²) in [5.41, 5.74) is 0.827. The van der Waals surface area contributed by atoms with Gasteiger partial charge in [-0.2, -0.15) is 5.10 Å². The van der Waals surface area contributed by atoms with Crippen molar-refractivity contribution in [2.45, 2.75) is 26.5 Å². The summed E-state index contributed by atoms with van der Waals surface area (Å²) < 4.78 is 6.56. The van der Waals surface area contributed by atoms with Gasteiger partial charge in [0.15, 0.2) is 5.69 Å². The largest absolute Gasteiger partial charge is 0.476 e. The van der Waals surface area contributed by atoms with Crippen LogP contribution in [-0.2, 0) is 11.3 Å². The predicted octanol–water partition coefficient (Wildman–Crippen LogP) is 2.52. The Bertz CT molecular complexity index is 647. The fourth-order valence-electron chi connectivity index (χ4n) is 1.84. The molecule has 21 heavy (non-hydrogen) atoms. The summed E-state index contributed by atoms with van der Waals surface area (Å²) in [4.78, 5) is 23.1. The molecule has 0 spiro atoms. The number of benzene rings is 1. The van der Waals surface area contributed by atoms with E-state index < -0.39 is 11.9 Å². The smallest absolute Gasteiger partial charge is 0.356 e. The molecule has 0 bridgehead atoms. The summed E-state index contributed by atoms with van der Waals surface area (Å²) in [5.74, 6) is -1.76. The minimum Gasteiger partial charge on any atom is -0.476 e. The van der Waals surface area contributed by atoms with Crippen molar-refractivity contribution in [1.29, 1.82) is 0 Å². The molecular formula is C15H16N2O4. The second-order valence-electron chi connectivity index (χ2n) is 4.82. The number of carboxylic acid groups (broad SMARTS) is 1. The van der Waals surface area contributed by atoms with E-state index >= 15 is 0 Å². The van der Waals surface area contributed by atoms with Crippen LogP contribution in [0, 0.1) is 0 Å². The standard InChI is InChI=1S/C15H16N2O4/c1-10(2)17-13(8-12(16-17)14(18)19)15(20)21-9-11-6-4-3-5-7-11/h3-8,10H,9H2,1-2H3,(H,18,19). The van der Waals surface area contributed by atoms with Crippen LogP contribution in [0.5, 0.6) is 0 Å². The van der Waals surface area contributed by atoms with E-state index in [1.54, 1.807) is 0 Å². The molecule has 0 aliphatic rings. The number of ether oxygens (including phenoxy) is 1. The van der Waals surface area contributed by atoms with Gasteiger partial charge in [0.2, 0.25) is 0 Å². The van der Waals surface area contributed by atoms with Crippen molar-refractivity contribution >= 4 is 11.9 Å². The fraction of sp³-hybridized carbons (Fsp3) is 0.267. The van der Waals surface area contributed by atoms with Crippen LogP contribution in [0.25, 0.3) is 0 Å². The Morgan fingerprint density at radius 2 is 1.95 bits per heavy atom. The molecule has 1 heterocycles. The second kappa shape index (κ2) is 6.21. The number of carboxylic acids is 1. The molecule has 0 amide bonds. The number of nitrogens with zero attached hydrogens (tertiary/aromatic N) is 2. The molecule has 6 heteroatoms. The SMILES string of the molecule is CC(C)n1nc(C(=O)O)cc1C(=O)OCc1ccccc1. The Kier molecular flexibility index (Phi) is 4.37. The third-order valence-electron chi connectivity index (χ3n) is 2.87. The van der Waals surface area contributed by atoms with Crippen LogP contribution in [0.3, 0.4) is 0 Å². The van der Waals surface area contributed by atoms with Gasteiger partial charge in [0.1, 0.15) is 12.3 Å². The number of esters is 1. The molecule has 0 atom stereocenters. The molecule has 1 aromatic carbocycles. The number of carbonyl (C=O) groups excluding carboxylic acids is 1. The number of aromatic carboxylic acids is 1. The topological polar surface area (TPSA) is 81.4 Å². The number of hydrogen-bond acceptors (Lipinski definition) is 4. The average molecular weight is 288 g/mol. The monoisotopic (exact) mass is 288 g/mol. The van der Waals surface area contributed by atoms with Gasteiger partial charge in [-0.05, 0) is 19.4 Å². The van der Waals surface area contributed by atoms with Crippen LogP contribution < -0.4 is 0 Å². The van der Waals surface area contributed by atoms with Gasteiger partial charge >= 0.3 is 11.9 Å². The number of hydrogen-bond donors (Lipinski definition) is 1. The summed E-state index contributed by atoms with van der Waals surface area (Å²) in [6, 6.07) is 10.4. The van der Waals surface area contributed by atoms with E-state index in [0.29, 0.717) is 0 Å². The Labute approximate surface area is 122 Å². The Morgan fingerprint density at radius 1 is 1.29 bits per heavy atom. The lowest BCUT2D eigenvalue weighted by Gasteiger charge is -2.10. The molecular weight excluding hydrogens is 272 g/mol. The fourth-order valence-corrected chi connectivity index (χ4v) is 1.84. The lowest BCUT2D eigenvalue weighted by molar-refractivity contribution is 0.0455. The molecule has 0 unspecified atom stereocenters. The molecule has 110 valence electrons. The van der Waals surface area contributed by atoms with E-state index in [0.717, 1.165) is 5.56 Å². The first kappa shape index (κ1) is 14.8. The van der Waals surface area contributed by atoms with E-state index in [1.807, 2.05) is 44.2 Å². The van der Waals surface area contributed by atoms with Crippen LogP contribution in [0.1, 0.15) is 46.4 Å². The van der Waals surface area contributed by atoms with Gasteiger partial charge in [-0.25, -0.2) is 9.59 Å². The van der Waals surface area contributed by atoms with Crippen LogP contribution in [0.4, 0.5) is 0 Å². The summed E-state index contributed by atoms with van der Waals surface area (Å²) in [6.45, 7) is 3.75. The van der Waals surface area contributed by atoms with Gasteiger partial charge < -0.3 is 9.84 Å². The third-order valence-corrected chi connectivity index (χ3v) is 2.87. The highest BCUT2D eigenvalue weighted by molar-refractivity contribution is 5.92. The number of carbonyl (C=O) groups is 2. The van der Waals surface area contributed by atoms with Crippen LogP contribution in [-0.4, -0.2) is 26.8 Å². The minimum atomic E-state index is -1.17. The highest BCUT2D eigenvalue weighted by Crippen LogP contribution is 2.14. The molecule has 0 fully saturated rings. The highest BCUT2D eigenvalue weighted by Gasteiger charge is 2.21. The van der Waals surface area contributed by atoms with Gasteiger partial charge in [0, 0.05) is 12.1 Å². The molecule has 0 saturated carbocycles. The van der Waals surface area contributed by atoms with Gasteiger partial charge in [-0.15, -0.1) is 0 Å². The van der Waals surface area contributed by atoms with Gasteiger partial charge in [0.25, 0.3) is 0 Å². The first-order chi connectivity index (χ1) is 9.99. The maximum atomic E-state index is 12.1. The lowest BCUT2D eigenvalue weighted by atomic mass is 10.2. The minimum absolute atomic E-state index is 0.130. The van der Waals surface area contributed by atoms with Crippen molar-refractivity contribution < 1.29 is 19.4 Å². The van der Waals surface area contributed by atoms with Crippen molar-refractivity contribution in [3.05, 3.63) is 53.3 Å². The first-order valence-electron chi connectivity index (χ1n) is 6.53. The Balaban J connectivity index is 2.16. The molecule has 0 aliphatic carbocycles. The van der Waals surface area contributed by atoms with Crippen molar-refractivity contribution in [3.8, 4) is 0 Å². The average Bonchev–Trinajstić information content (AvgIpc) is 2.91. The molecule has 0 saturated heterocycles. The molecule has 1 N–H and O–H groups in total. The summed E-state index contributed by atoms with van der Waals surface area (Å²) in [7, 11) is 0. The van der Waals surface area contributed by atoms with Crippen LogP contribution in [0.15, 0.2) is 36.4 Å². The Morgan fingerprint density at radius 3 is 2.52 bits per heavy atom. The van der Waals surface area contributed by atoms with Crippen molar-refractivity contribution in [3.63, 3.8) is 0 Å². The highest BCUT2D eigenvalue weighted by atomic mass is 16.5. The molecule has 0 radical (unpaired) electrons. The van der Waals surface area contributed by atoms with E-state index in [9.17, 15) is 9.59 Å². The van der Waals surface area contributed by atoms with Crippen molar-refractivity contribution in [1.82, 2.24) is 9.78 Å². The molecule has 1 aromatic heterocycles. The predicted molar refractivity (Wildman–Crippen MR) is 75.1 cm³/mol. The van der Waals surface area contributed by atoms with E-state index in [4.69, 9.17) is 9.84 Å². The maximum absolute atomic E-state index is 12.1. The van der Waals surface area contributed by atoms with E-state index in [1.165, 1.54) is 10.7 Å². The molecule has 6 nitrogen and oxygen atoms in total. The molecule has 0 aliphatic heterocycles. The summed E-state index contributed by atoms with van der Waals surface area (Å²) in [5, 5.41) is 12.9. The van der Waals surface area contributed by atoms with Crippen molar-refractivity contribution in [2.24, 2.45) is 0 Å². The first-order valence-corrected chi connectivity index (χ1v) is 6.53. The molecule has 2 aromatic rings. The van der Waals surface area contributed by atoms with Gasteiger partial charge in [-0.3, -0.25) is 4.68 Å². The maximum Gasteiger partial charge on any atom is 0.356 e. The lowest BCUT2D eigenvalue weighted by Crippen LogP contribution is -2.15. The zero-order valence-corrected chi connectivity index (χ0v) is 11.8. The van der Waals surface area contributed by atoms with E-state index in [-0.39, 0.29) is 24.0 Å². The zero-order chi connectivity index (χ0) is 15.4. The van der Waals surface area contributed by atoms with Crippen molar-refractivity contribution in [2.75, 3.05) is 0 Å². The molecule has 2 rings (SSSR count). The zero-order valence-electron chi connectivity index (χ0n) is 11.8. The van der Waals surface area contributed by atoms with E-state index in [2.05, 4.69) is 5.10 Å². The Hall–Kier alpha value is -2.63. The van der Waals surface area contributed by atoms with Gasteiger partial charge in [-0.1, -0.05) is 30.3 Å². The van der Waals surface area contributed by atoms with Gasteiger partial charge in [0.05, 0.1) is 0 Å². The second-order valence-corrected chi connectivity index (χ2v) is 4.82. The third kappa shape index (κ3) is 3.47. The van der Waals surface area contributed by atoms with Crippen LogP contribution in [0.2, 0.25) is 0 Å². The quantitative estimate of drug-likeness (QED) is 0.855. The number of rotatable bonds is 5. The summed E-state index contributed by atoms with van der Waals surface area (Å²) >= 11 is 0. The van der Waals surface area contributed by atoms with Crippen LogP contribution >= 0.6 is 0 Å².